The molecule has 0 bridgehead atoms. The number of hydrogen-bond acceptors (Lipinski definition) is 18. The first-order valence-corrected chi connectivity index (χ1v) is 32.6. The second-order valence-corrected chi connectivity index (χ2v) is 26.2. The van der Waals surface area contributed by atoms with Crippen LogP contribution in [0.5, 0.6) is 34.5 Å². The molecule has 0 atom stereocenters. The molecular formula is C86H84O18. The van der Waals surface area contributed by atoms with Crippen molar-refractivity contribution in [1.29, 1.82) is 0 Å². The van der Waals surface area contributed by atoms with E-state index in [1.807, 2.05) is 61.5 Å². The van der Waals surface area contributed by atoms with E-state index < -0.39 is 58.4 Å². The van der Waals surface area contributed by atoms with Crippen molar-refractivity contribution < 1.29 is 86.9 Å². The molecule has 0 heterocycles. The molecule has 3 N–H and O–H groups in total. The molecule has 0 amide bonds. The van der Waals surface area contributed by atoms with Crippen LogP contribution in [-0.2, 0) is 35.2 Å². The zero-order valence-electron chi connectivity index (χ0n) is 60.6. The fraction of sp³-hybridized carbons (Fsp3) is 0.198. The second kappa shape index (κ2) is 34.5. The van der Waals surface area contributed by atoms with Crippen LogP contribution in [0, 0.1) is 0 Å². The van der Waals surface area contributed by atoms with E-state index in [4.69, 9.17) is 28.4 Å². The fourth-order valence-electron chi connectivity index (χ4n) is 9.45. The maximum atomic E-state index is 12.6. The van der Waals surface area contributed by atoms with Crippen molar-refractivity contribution >= 4 is 53.2 Å². The van der Waals surface area contributed by atoms with Gasteiger partial charge in [0.25, 0.3) is 0 Å². The number of rotatable bonds is 24. The van der Waals surface area contributed by atoms with E-state index in [-0.39, 0.29) is 79.5 Å². The maximum absolute atomic E-state index is 12.6. The van der Waals surface area contributed by atoms with Gasteiger partial charge in [-0.1, -0.05) is 162 Å². The highest BCUT2D eigenvalue weighted by molar-refractivity contribution is 6.04. The summed E-state index contributed by atoms with van der Waals surface area (Å²) >= 11 is 0. The Labute approximate surface area is 605 Å². The van der Waals surface area contributed by atoms with Gasteiger partial charge in [0.2, 0.25) is 0 Å². The zero-order valence-corrected chi connectivity index (χ0v) is 60.6. The summed E-state index contributed by atoms with van der Waals surface area (Å²) in [5.41, 5.74) is 6.92. The van der Waals surface area contributed by atoms with E-state index >= 15 is 0 Å². The summed E-state index contributed by atoms with van der Waals surface area (Å²) in [4.78, 5) is 110. The van der Waals surface area contributed by atoms with Crippen LogP contribution in [0.25, 0.3) is 55.6 Å². The van der Waals surface area contributed by atoms with Crippen molar-refractivity contribution in [2.24, 2.45) is 0 Å². The smallest absolute Gasteiger partial charge is 0.338 e. The molecule has 0 aliphatic carbocycles. The predicted molar refractivity (Wildman–Crippen MR) is 400 cm³/mol. The van der Waals surface area contributed by atoms with E-state index in [1.54, 1.807) is 103 Å². The van der Waals surface area contributed by atoms with Crippen molar-refractivity contribution in [1.82, 2.24) is 0 Å². The summed E-state index contributed by atoms with van der Waals surface area (Å²) in [5.74, 6) is -4.59. The van der Waals surface area contributed by atoms with Crippen LogP contribution < -0.4 is 28.4 Å². The van der Waals surface area contributed by atoms with Gasteiger partial charge < -0.3 is 43.7 Å². The lowest BCUT2D eigenvalue weighted by atomic mass is 9.91. The topological polar surface area (TPSA) is 270 Å². The van der Waals surface area contributed by atoms with Gasteiger partial charge in [-0.05, 0) is 205 Å². The fourth-order valence-corrected chi connectivity index (χ4v) is 9.45. The predicted octanol–water partition coefficient (Wildman–Crippen LogP) is 16.7. The number of benzene rings is 8. The van der Waals surface area contributed by atoms with E-state index in [0.29, 0.717) is 34.2 Å². The summed E-state index contributed by atoms with van der Waals surface area (Å²) in [5, 5.41) is 30.2. The van der Waals surface area contributed by atoms with Gasteiger partial charge in [0.05, 0.1) is 0 Å². The van der Waals surface area contributed by atoms with Crippen LogP contribution in [0.1, 0.15) is 127 Å². The molecule has 0 aliphatic rings. The minimum atomic E-state index is -1.51. The quantitative estimate of drug-likeness (QED) is 0.0219. The molecule has 18 heteroatoms. The molecule has 18 nitrogen and oxygen atoms in total. The lowest BCUT2D eigenvalue weighted by molar-refractivity contribution is -0.132. The molecule has 104 heavy (non-hydrogen) atoms. The molecular weight excluding hydrogens is 1320 g/mol. The van der Waals surface area contributed by atoms with Gasteiger partial charge in [-0.15, -0.1) is 0 Å². The van der Waals surface area contributed by atoms with Gasteiger partial charge >= 0.3 is 35.8 Å². The third-order valence-corrected chi connectivity index (χ3v) is 15.2. The highest BCUT2D eigenvalue weighted by Gasteiger charge is 2.29. The van der Waals surface area contributed by atoms with Gasteiger partial charge in [-0.3, -0.25) is 14.4 Å². The molecule has 0 aromatic heterocycles. The molecule has 0 unspecified atom stereocenters. The van der Waals surface area contributed by atoms with Gasteiger partial charge in [0.15, 0.2) is 51.8 Å². The molecule has 0 saturated heterocycles. The Kier molecular flexibility index (Phi) is 26.8. The van der Waals surface area contributed by atoms with E-state index in [2.05, 4.69) is 39.5 Å². The van der Waals surface area contributed by atoms with E-state index in [0.717, 1.165) is 50.1 Å². The van der Waals surface area contributed by atoms with Gasteiger partial charge in [0, 0.05) is 50.1 Å². The number of carbonyl (C=O) groups excluding carboxylic acids is 9. The van der Waals surface area contributed by atoms with Crippen molar-refractivity contribution in [2.45, 2.75) is 113 Å². The van der Waals surface area contributed by atoms with Crippen LogP contribution in [-0.4, -0.2) is 85.3 Å². The van der Waals surface area contributed by atoms with Crippen molar-refractivity contribution in [2.75, 3.05) is 0 Å². The van der Waals surface area contributed by atoms with Crippen LogP contribution in [0.4, 0.5) is 0 Å². The number of aryl methyl sites for hydroxylation is 1. The van der Waals surface area contributed by atoms with Crippen LogP contribution >= 0.6 is 0 Å². The van der Waals surface area contributed by atoms with Crippen LogP contribution in [0.2, 0.25) is 0 Å². The lowest BCUT2D eigenvalue weighted by Gasteiger charge is -2.17. The minimum absolute atomic E-state index is 0.0225. The first-order chi connectivity index (χ1) is 48.6. The van der Waals surface area contributed by atoms with Gasteiger partial charge in [0.1, 0.15) is 16.8 Å². The molecule has 8 aromatic carbocycles. The third kappa shape index (κ3) is 22.0. The van der Waals surface area contributed by atoms with Crippen LogP contribution in [0.3, 0.4) is 0 Å². The largest absolute Gasteiger partial charge is 0.419 e. The Morgan fingerprint density at radius 3 is 0.788 bits per heavy atom. The molecule has 8 aromatic rings. The Balaban J connectivity index is 0.000000247. The standard InChI is InChI=1S/C32H32O6.C30H28O6.C24H24O6/c1-8-21-16-23(22-10-9-11-25(17-22)29(33)32(6,7)36)12-14-26(21)24-13-15-27(37-30(34)19(2)3)28(18-24)38-31(35)20(4)5;1-18(2)28(32)35-25-15-14-23(17-26(25)36-29(33)19(3)4)21-12-10-20(11-13-21)22-8-7-9-24(16-22)27(31)30(5,6)34;1-14(2)22(26)29-19-11-10-17(13-20(19)30-23(27)15(3)4)16-8-7-9-18(12-16)21(25)24(5,6)28/h9-18,36H,2,4,8H2,1,3,5-7H3;7-17,34H,1,3H2,2,4-6H3;7-13,28H,1,3H2,2,4-6H3. The highest BCUT2D eigenvalue weighted by Crippen LogP contribution is 2.40. The van der Waals surface area contributed by atoms with Crippen molar-refractivity contribution in [3.05, 3.63) is 265 Å². The summed E-state index contributed by atoms with van der Waals surface area (Å²) < 4.78 is 32.2. The molecule has 0 radical (unpaired) electrons. The first-order valence-electron chi connectivity index (χ1n) is 32.6. The second-order valence-electron chi connectivity index (χ2n) is 26.2. The normalized spacial score (nSPS) is 10.9. The number of Topliss-reactive ketones (excluding diaryl/α,β-unsaturated/α-hetero) is 3. The van der Waals surface area contributed by atoms with E-state index in [1.165, 1.54) is 95.2 Å². The molecule has 0 aliphatic heterocycles. The van der Waals surface area contributed by atoms with Crippen LogP contribution in [0.15, 0.2) is 243 Å². The summed E-state index contributed by atoms with van der Waals surface area (Å²) in [6, 6.07) is 49.0. The van der Waals surface area contributed by atoms with Gasteiger partial charge in [-0.2, -0.15) is 0 Å². The Hall–Kier alpha value is -12.1. The molecule has 536 valence electrons. The Morgan fingerprint density at radius 1 is 0.288 bits per heavy atom. The zero-order chi connectivity index (χ0) is 77.5. The maximum Gasteiger partial charge on any atom is 0.338 e. The summed E-state index contributed by atoms with van der Waals surface area (Å²) in [6.45, 7) is 41.3. The third-order valence-electron chi connectivity index (χ3n) is 15.2. The molecule has 8 rings (SSSR count). The number of esters is 6. The van der Waals surface area contributed by atoms with Crippen molar-refractivity contribution in [3.8, 4) is 90.1 Å². The molecule has 0 fully saturated rings. The summed E-state index contributed by atoms with van der Waals surface area (Å²) in [7, 11) is 0. The number of hydrogen-bond donors (Lipinski definition) is 3. The average Bonchev–Trinajstić information content (AvgIpc) is 0.802. The first kappa shape index (κ1) is 80.9. The average molecular weight is 1410 g/mol. The van der Waals surface area contributed by atoms with Crippen molar-refractivity contribution in [3.63, 3.8) is 0 Å². The van der Waals surface area contributed by atoms with Gasteiger partial charge in [-0.25, -0.2) is 28.8 Å². The molecule has 0 spiro atoms. The SMILES string of the molecule is C=C(C)C(=O)Oc1ccc(-c2ccc(-c3cccc(C(=O)C(C)(C)O)c3)cc2)cc1OC(=O)C(=C)C.C=C(C)C(=O)Oc1ccc(-c2ccc(-c3cccc(C(=O)C(C)(C)O)c3)cc2CC)cc1OC(=O)C(=C)C.C=C(C)C(=O)Oc1ccc(-c2cccc(C(=O)C(C)(C)O)c2)cc1OC(=O)C(=C)C. The highest BCUT2D eigenvalue weighted by atomic mass is 16.6. The summed E-state index contributed by atoms with van der Waals surface area (Å²) in [6.07, 6.45) is 0.707. The van der Waals surface area contributed by atoms with E-state index in [9.17, 15) is 58.5 Å². The number of carbonyl (C=O) groups is 9. The number of ketones is 3. The number of ether oxygens (including phenoxy) is 6. The number of aliphatic hydroxyl groups is 3. The Morgan fingerprint density at radius 2 is 0.510 bits per heavy atom. The molecule has 0 saturated carbocycles. The Bertz CT molecular complexity index is 4780. The minimum Gasteiger partial charge on any atom is -0.419 e. The monoisotopic (exact) mass is 1400 g/mol. The lowest BCUT2D eigenvalue weighted by Crippen LogP contribution is -2.31.